The molecular weight excluding hydrogens is 462 g/mol. The predicted octanol–water partition coefficient (Wildman–Crippen LogP) is 2.87. The lowest BCUT2D eigenvalue weighted by Gasteiger charge is -2.38. The summed E-state index contributed by atoms with van der Waals surface area (Å²) < 4.78 is 0. The average Bonchev–Trinajstić information content (AvgIpc) is 3.42. The van der Waals surface area contributed by atoms with Crippen LogP contribution in [0.5, 0.6) is 0 Å². The molecule has 2 aromatic carbocycles. The van der Waals surface area contributed by atoms with E-state index in [9.17, 15) is 9.59 Å². The van der Waals surface area contributed by atoms with Crippen LogP contribution in [0.25, 0.3) is 0 Å². The summed E-state index contributed by atoms with van der Waals surface area (Å²) in [5, 5.41) is 10.9. The average molecular weight is 496 g/mol. The van der Waals surface area contributed by atoms with E-state index in [1.165, 1.54) is 5.56 Å². The molecule has 186 valence electrons. The molecule has 2 fully saturated rings. The molecule has 0 bridgehead atoms. The molecule has 3 aliphatic rings. The van der Waals surface area contributed by atoms with Crippen LogP contribution in [0, 0.1) is 6.92 Å². The van der Waals surface area contributed by atoms with E-state index in [-0.39, 0.29) is 23.9 Å². The first-order valence-corrected chi connectivity index (χ1v) is 13.0. The van der Waals surface area contributed by atoms with Crippen molar-refractivity contribution >= 4 is 29.1 Å². The van der Waals surface area contributed by atoms with E-state index in [4.69, 9.17) is 11.6 Å². The van der Waals surface area contributed by atoms with Gasteiger partial charge in [-0.2, -0.15) is 0 Å². The van der Waals surface area contributed by atoms with Gasteiger partial charge in [-0.15, -0.1) is 0 Å². The van der Waals surface area contributed by atoms with Crippen molar-refractivity contribution in [2.75, 3.05) is 44.6 Å². The van der Waals surface area contributed by atoms with E-state index in [1.54, 1.807) is 0 Å². The third-order valence-corrected chi connectivity index (χ3v) is 7.75. The number of rotatable bonds is 5. The van der Waals surface area contributed by atoms with Crippen LogP contribution in [0.3, 0.4) is 0 Å². The monoisotopic (exact) mass is 495 g/mol. The largest absolute Gasteiger partial charge is 0.381 e. The van der Waals surface area contributed by atoms with E-state index >= 15 is 0 Å². The molecule has 3 aliphatic heterocycles. The lowest BCUT2D eigenvalue weighted by Crippen LogP contribution is -2.56. The second kappa shape index (κ2) is 10.6. The molecule has 2 atom stereocenters. The zero-order valence-corrected chi connectivity index (χ0v) is 21.0. The summed E-state index contributed by atoms with van der Waals surface area (Å²) in [5.74, 6) is 0.274. The molecule has 0 radical (unpaired) electrons. The molecular formula is C27H34ClN5O2. The number of hydrogen-bond donors (Lipinski definition) is 3. The predicted molar refractivity (Wildman–Crippen MR) is 139 cm³/mol. The molecule has 7 nitrogen and oxygen atoms in total. The maximum Gasteiger partial charge on any atom is 0.244 e. The summed E-state index contributed by atoms with van der Waals surface area (Å²) in [6.07, 6.45) is 2.86. The number of nitrogens with one attached hydrogen (secondary N) is 3. The second-order valence-corrected chi connectivity index (χ2v) is 10.2. The fourth-order valence-corrected chi connectivity index (χ4v) is 5.62. The number of carbonyl (C=O) groups is 2. The van der Waals surface area contributed by atoms with Crippen molar-refractivity contribution in [3.05, 3.63) is 63.7 Å². The highest BCUT2D eigenvalue weighted by atomic mass is 35.5. The van der Waals surface area contributed by atoms with Gasteiger partial charge in [0.15, 0.2) is 0 Å². The Kier molecular flexibility index (Phi) is 7.27. The van der Waals surface area contributed by atoms with Crippen molar-refractivity contribution in [1.82, 2.24) is 20.4 Å². The summed E-state index contributed by atoms with van der Waals surface area (Å²) >= 11 is 6.40. The minimum Gasteiger partial charge on any atom is -0.381 e. The summed E-state index contributed by atoms with van der Waals surface area (Å²) in [7, 11) is 0. The topological polar surface area (TPSA) is 76.7 Å². The van der Waals surface area contributed by atoms with E-state index in [0.29, 0.717) is 32.7 Å². The molecule has 2 saturated heterocycles. The highest BCUT2D eigenvalue weighted by Crippen LogP contribution is 2.29. The van der Waals surface area contributed by atoms with Gasteiger partial charge in [0.05, 0.1) is 6.04 Å². The molecule has 35 heavy (non-hydrogen) atoms. The van der Waals surface area contributed by atoms with Crippen molar-refractivity contribution in [2.24, 2.45) is 0 Å². The maximum atomic E-state index is 13.5. The quantitative estimate of drug-likeness (QED) is 0.594. The lowest BCUT2D eigenvalue weighted by molar-refractivity contribution is -0.141. The van der Waals surface area contributed by atoms with Gasteiger partial charge in [0.25, 0.3) is 0 Å². The van der Waals surface area contributed by atoms with Gasteiger partial charge in [0.2, 0.25) is 11.8 Å². The van der Waals surface area contributed by atoms with Crippen LogP contribution in [0.2, 0.25) is 5.02 Å². The van der Waals surface area contributed by atoms with Gasteiger partial charge in [0.1, 0.15) is 6.04 Å². The van der Waals surface area contributed by atoms with Crippen LogP contribution in [-0.4, -0.2) is 66.9 Å². The van der Waals surface area contributed by atoms with Gasteiger partial charge in [-0.05, 0) is 73.2 Å². The third kappa shape index (κ3) is 5.32. The molecule has 2 aromatic rings. The van der Waals surface area contributed by atoms with Crippen molar-refractivity contribution in [3.8, 4) is 0 Å². The summed E-state index contributed by atoms with van der Waals surface area (Å²) in [5.41, 5.74) is 5.40. The number of aryl methyl sites for hydroxylation is 1. The van der Waals surface area contributed by atoms with Gasteiger partial charge in [-0.25, -0.2) is 0 Å². The van der Waals surface area contributed by atoms with E-state index in [0.717, 1.165) is 59.8 Å². The van der Waals surface area contributed by atoms with Crippen molar-refractivity contribution in [3.63, 3.8) is 0 Å². The van der Waals surface area contributed by atoms with Crippen LogP contribution < -0.4 is 16.0 Å². The number of fused-ring (bicyclic) bond motifs is 1. The Balaban J connectivity index is 1.23. The first-order chi connectivity index (χ1) is 17.0. The highest BCUT2D eigenvalue weighted by Gasteiger charge is 2.34. The van der Waals surface area contributed by atoms with Crippen LogP contribution in [0.1, 0.15) is 41.1 Å². The zero-order chi connectivity index (χ0) is 24.4. The van der Waals surface area contributed by atoms with E-state index < -0.39 is 0 Å². The standard InChI is InChI=1S/C27H34ClN5O2/c1-18-4-5-20(23(28)15-18)17-31-21-7-6-19-8-10-30-25(22(19)16-21)27(35)33-13-11-32(12-14-33)26(34)24-3-2-9-29-24/h4-7,15-16,24-25,29-31H,2-3,8-14,17H2,1H3/t24-,25?/m1/s1. The van der Waals surface area contributed by atoms with Crippen molar-refractivity contribution < 1.29 is 9.59 Å². The number of amides is 2. The minimum atomic E-state index is -0.359. The van der Waals surface area contributed by atoms with Crippen molar-refractivity contribution in [2.45, 2.75) is 44.8 Å². The number of anilines is 1. The summed E-state index contributed by atoms with van der Waals surface area (Å²) in [6.45, 7) is 6.69. The number of hydrogen-bond acceptors (Lipinski definition) is 5. The van der Waals surface area contributed by atoms with Gasteiger partial charge in [0, 0.05) is 50.0 Å². The Morgan fingerprint density at radius 3 is 2.49 bits per heavy atom. The summed E-state index contributed by atoms with van der Waals surface area (Å²) in [4.78, 5) is 30.1. The van der Waals surface area contributed by atoms with Gasteiger partial charge < -0.3 is 25.8 Å². The summed E-state index contributed by atoms with van der Waals surface area (Å²) in [6, 6.07) is 12.0. The molecule has 0 aromatic heterocycles. The Bertz CT molecular complexity index is 1090. The number of nitrogens with zero attached hydrogens (tertiary/aromatic N) is 2. The normalized spacial score (nSPS) is 22.1. The fraction of sp³-hybridized carbons (Fsp3) is 0.481. The first-order valence-electron chi connectivity index (χ1n) is 12.7. The van der Waals surface area contributed by atoms with Crippen LogP contribution >= 0.6 is 11.6 Å². The zero-order valence-electron chi connectivity index (χ0n) is 20.3. The van der Waals surface area contributed by atoms with E-state index in [1.807, 2.05) is 28.9 Å². The molecule has 8 heteroatoms. The third-order valence-electron chi connectivity index (χ3n) is 7.40. The lowest BCUT2D eigenvalue weighted by atomic mass is 9.92. The first kappa shape index (κ1) is 24.1. The van der Waals surface area contributed by atoms with Gasteiger partial charge >= 0.3 is 0 Å². The Morgan fingerprint density at radius 1 is 1.00 bits per heavy atom. The smallest absolute Gasteiger partial charge is 0.244 e. The molecule has 0 spiro atoms. The van der Waals surface area contributed by atoms with Crippen LogP contribution in [0.15, 0.2) is 36.4 Å². The fourth-order valence-electron chi connectivity index (χ4n) is 5.32. The molecule has 2 amide bonds. The maximum absolute atomic E-state index is 13.5. The molecule has 3 heterocycles. The molecule has 5 rings (SSSR count). The molecule has 1 unspecified atom stereocenters. The minimum absolute atomic E-state index is 0.0511. The molecule has 0 saturated carbocycles. The van der Waals surface area contributed by atoms with Crippen molar-refractivity contribution in [1.29, 1.82) is 0 Å². The Hall–Kier alpha value is -2.61. The SMILES string of the molecule is Cc1ccc(CNc2ccc3c(c2)C(C(=O)N2CCN(C(=O)[C@H]4CCCN4)CC2)NCC3)c(Cl)c1. The number of halogens is 1. The highest BCUT2D eigenvalue weighted by molar-refractivity contribution is 6.31. The second-order valence-electron chi connectivity index (χ2n) is 9.80. The van der Waals surface area contributed by atoms with Crippen LogP contribution in [-0.2, 0) is 22.6 Å². The Morgan fingerprint density at radius 2 is 1.77 bits per heavy atom. The van der Waals surface area contributed by atoms with Gasteiger partial charge in [-0.1, -0.05) is 29.8 Å². The Labute approximate surface area is 212 Å². The van der Waals surface area contributed by atoms with E-state index in [2.05, 4.69) is 40.2 Å². The van der Waals surface area contributed by atoms with Crippen LogP contribution in [0.4, 0.5) is 5.69 Å². The molecule has 3 N–H and O–H groups in total. The number of benzene rings is 2. The van der Waals surface area contributed by atoms with Gasteiger partial charge in [-0.3, -0.25) is 9.59 Å². The number of carbonyl (C=O) groups excluding carboxylic acids is 2. The number of piperazine rings is 1. The molecule has 0 aliphatic carbocycles.